The van der Waals surface area contributed by atoms with Crippen LogP contribution in [0.1, 0.15) is 81.8 Å². The highest BCUT2D eigenvalue weighted by Crippen LogP contribution is 2.37. The minimum absolute atomic E-state index is 0.00536. The molecule has 1 unspecified atom stereocenters. The molecule has 0 aliphatic heterocycles. The summed E-state index contributed by atoms with van der Waals surface area (Å²) >= 11 is 0. The normalized spacial score (nSPS) is 21.2. The number of rotatable bonds is 9. The Balaban J connectivity index is 1.85. The van der Waals surface area contributed by atoms with E-state index in [-0.39, 0.29) is 29.9 Å². The first-order valence-electron chi connectivity index (χ1n) is 11.8. The molecule has 2 aliphatic rings. The number of nitrogen functional groups attached to an aromatic ring is 1. The molecule has 2 aliphatic carbocycles. The fourth-order valence-corrected chi connectivity index (χ4v) is 5.56. The summed E-state index contributed by atoms with van der Waals surface area (Å²) in [6.07, 6.45) is 11.2. The molecule has 0 spiro atoms. The van der Waals surface area contributed by atoms with E-state index in [4.69, 9.17) is 16.9 Å². The van der Waals surface area contributed by atoms with Crippen molar-refractivity contribution in [2.45, 2.75) is 82.6 Å². The summed E-state index contributed by atoms with van der Waals surface area (Å²) < 4.78 is 0. The van der Waals surface area contributed by atoms with Crippen LogP contribution in [0.25, 0.3) is 0 Å². The molecule has 2 fully saturated rings. The van der Waals surface area contributed by atoms with E-state index in [0.717, 1.165) is 56.9 Å². The Morgan fingerprint density at radius 3 is 2.06 bits per heavy atom. The number of carboxylic acid groups (broad SMARTS) is 1. The summed E-state index contributed by atoms with van der Waals surface area (Å²) in [5.41, 5.74) is 11.8. The van der Waals surface area contributed by atoms with E-state index >= 15 is 0 Å². The van der Waals surface area contributed by atoms with Crippen LogP contribution in [0.2, 0.25) is 0 Å². The Bertz CT molecular complexity index is 780. The highest BCUT2D eigenvalue weighted by atomic mass is 16.4. The lowest BCUT2D eigenvalue weighted by Gasteiger charge is -2.36. The number of carboxylic acids is 1. The molecular weight excluding hydrogens is 390 g/mol. The van der Waals surface area contributed by atoms with Crippen molar-refractivity contribution in [3.63, 3.8) is 0 Å². The molecule has 0 aromatic heterocycles. The summed E-state index contributed by atoms with van der Waals surface area (Å²) in [4.78, 5) is 26.1. The van der Waals surface area contributed by atoms with Gasteiger partial charge in [-0.2, -0.15) is 0 Å². The third-order valence-electron chi connectivity index (χ3n) is 7.43. The van der Waals surface area contributed by atoms with Gasteiger partial charge >= 0.3 is 5.97 Å². The van der Waals surface area contributed by atoms with Gasteiger partial charge in [0.05, 0.1) is 0 Å². The van der Waals surface area contributed by atoms with E-state index in [9.17, 15) is 14.7 Å². The van der Waals surface area contributed by atoms with Crippen molar-refractivity contribution in [1.29, 1.82) is 5.41 Å². The fraction of sp³-hybridized carbons (Fsp3) is 0.640. The minimum atomic E-state index is -1.82. The number of hydrogen-bond acceptors (Lipinski definition) is 4. The largest absolute Gasteiger partial charge is 0.480 e. The number of benzene rings is 1. The maximum Gasteiger partial charge on any atom is 0.331 e. The average Bonchev–Trinajstić information content (AvgIpc) is 2.78. The highest BCUT2D eigenvalue weighted by Gasteiger charge is 2.48. The zero-order valence-electron chi connectivity index (χ0n) is 18.4. The number of nitrogens with one attached hydrogen (secondary N) is 1. The van der Waals surface area contributed by atoms with Gasteiger partial charge in [0.2, 0.25) is 0 Å². The number of amidine groups is 1. The topological polar surface area (TPSA) is 130 Å². The number of carbonyl (C=O) groups excluding carboxylic acids is 1. The number of hydrogen-bond donors (Lipinski definition) is 4. The Morgan fingerprint density at radius 1 is 1.00 bits per heavy atom. The van der Waals surface area contributed by atoms with Gasteiger partial charge in [-0.05, 0) is 43.1 Å². The Labute approximate surface area is 185 Å². The lowest BCUT2D eigenvalue weighted by atomic mass is 9.68. The van der Waals surface area contributed by atoms with Crippen LogP contribution >= 0.6 is 0 Å². The van der Waals surface area contributed by atoms with E-state index in [1.807, 2.05) is 12.1 Å². The number of Topliss-reactive ketones (excluding diaryl/α,β-unsaturated/α-hetero) is 1. The first-order valence-corrected chi connectivity index (χ1v) is 11.8. The molecule has 6 heteroatoms. The molecule has 6 nitrogen and oxygen atoms in total. The summed E-state index contributed by atoms with van der Waals surface area (Å²) in [5.74, 6) is -1.49. The maximum atomic E-state index is 13.8. The van der Waals surface area contributed by atoms with Gasteiger partial charge in [-0.1, -0.05) is 75.6 Å². The average molecular weight is 428 g/mol. The van der Waals surface area contributed by atoms with Gasteiger partial charge in [-0.3, -0.25) is 10.2 Å². The number of carbonyl (C=O) groups is 2. The summed E-state index contributed by atoms with van der Waals surface area (Å²) in [7, 11) is 0. The highest BCUT2D eigenvalue weighted by molar-refractivity contribution is 6.08. The Morgan fingerprint density at radius 2 is 1.55 bits per heavy atom. The molecule has 1 aromatic rings. The lowest BCUT2D eigenvalue weighted by Crippen LogP contribution is -2.59. The molecule has 6 N–H and O–H groups in total. The zero-order chi connectivity index (χ0) is 22.4. The first kappa shape index (κ1) is 23.5. The van der Waals surface area contributed by atoms with E-state index in [1.165, 1.54) is 12.8 Å². The lowest BCUT2D eigenvalue weighted by molar-refractivity contribution is -0.151. The third kappa shape index (κ3) is 5.73. The number of aliphatic carboxylic acids is 1. The van der Waals surface area contributed by atoms with Crippen LogP contribution in [0.3, 0.4) is 0 Å². The van der Waals surface area contributed by atoms with Crippen molar-refractivity contribution >= 4 is 17.6 Å². The van der Waals surface area contributed by atoms with Crippen LogP contribution in [0, 0.1) is 23.2 Å². The minimum Gasteiger partial charge on any atom is -0.480 e. The van der Waals surface area contributed by atoms with Gasteiger partial charge in [0.1, 0.15) is 5.84 Å². The number of nitrogens with two attached hydrogens (primary N) is 2. The molecule has 31 heavy (non-hydrogen) atoms. The predicted octanol–water partition coefficient (Wildman–Crippen LogP) is 4.03. The van der Waals surface area contributed by atoms with E-state index in [1.54, 1.807) is 12.1 Å². The van der Waals surface area contributed by atoms with Gasteiger partial charge in [0.15, 0.2) is 11.3 Å². The molecule has 170 valence electrons. The quantitative estimate of drug-likeness (QED) is 0.268. The molecule has 1 aromatic carbocycles. The molecule has 0 amide bonds. The van der Waals surface area contributed by atoms with Crippen molar-refractivity contribution < 1.29 is 14.7 Å². The standard InChI is InChI=1S/C25H37N3O3/c26-23(27)20-13-11-17(12-14-20)15-21(19-9-5-2-6-10-19)22(29)25(28,24(30)31)16-18-7-3-1-4-8-18/h11-14,18-19,21H,1-10,15-16,28H2,(H3,26,27)(H,30,31)/t21-,25?/m0/s1. The molecule has 0 bridgehead atoms. The van der Waals surface area contributed by atoms with E-state index in [2.05, 4.69) is 0 Å². The molecule has 0 heterocycles. The molecule has 0 radical (unpaired) electrons. The SMILES string of the molecule is N=C(N)c1ccc(C[C@H](C(=O)C(N)(CC2CCCCC2)C(=O)O)C2CCCCC2)cc1. The van der Waals surface area contributed by atoms with Crippen molar-refractivity contribution in [2.24, 2.45) is 29.2 Å². The van der Waals surface area contributed by atoms with Crippen molar-refractivity contribution in [3.8, 4) is 0 Å². The molecule has 2 saturated carbocycles. The van der Waals surface area contributed by atoms with Crippen molar-refractivity contribution in [1.82, 2.24) is 0 Å². The third-order valence-corrected chi connectivity index (χ3v) is 7.43. The van der Waals surface area contributed by atoms with Crippen LogP contribution in [-0.4, -0.2) is 28.2 Å². The Hall–Kier alpha value is -2.21. The van der Waals surface area contributed by atoms with Crippen LogP contribution in [0.4, 0.5) is 0 Å². The smallest absolute Gasteiger partial charge is 0.331 e. The van der Waals surface area contributed by atoms with Crippen LogP contribution < -0.4 is 11.5 Å². The molecular formula is C25H37N3O3. The summed E-state index contributed by atoms with van der Waals surface area (Å²) in [6.45, 7) is 0. The zero-order valence-corrected chi connectivity index (χ0v) is 18.4. The maximum absolute atomic E-state index is 13.8. The van der Waals surface area contributed by atoms with Crippen LogP contribution in [0.15, 0.2) is 24.3 Å². The second-order valence-corrected chi connectivity index (χ2v) is 9.67. The van der Waals surface area contributed by atoms with Crippen LogP contribution in [-0.2, 0) is 16.0 Å². The first-order chi connectivity index (χ1) is 14.8. The van der Waals surface area contributed by atoms with Gasteiger partial charge in [-0.25, -0.2) is 4.79 Å². The van der Waals surface area contributed by atoms with E-state index < -0.39 is 17.4 Å². The van der Waals surface area contributed by atoms with Gasteiger partial charge in [0, 0.05) is 11.5 Å². The van der Waals surface area contributed by atoms with Gasteiger partial charge < -0.3 is 16.6 Å². The second-order valence-electron chi connectivity index (χ2n) is 9.67. The van der Waals surface area contributed by atoms with E-state index in [0.29, 0.717) is 12.0 Å². The second kappa shape index (κ2) is 10.4. The van der Waals surface area contributed by atoms with Gasteiger partial charge in [-0.15, -0.1) is 0 Å². The monoisotopic (exact) mass is 427 g/mol. The predicted molar refractivity (Wildman–Crippen MR) is 122 cm³/mol. The fourth-order valence-electron chi connectivity index (χ4n) is 5.56. The summed E-state index contributed by atoms with van der Waals surface area (Å²) in [5, 5.41) is 17.6. The molecule has 0 saturated heterocycles. The van der Waals surface area contributed by atoms with Crippen LogP contribution in [0.5, 0.6) is 0 Å². The summed E-state index contributed by atoms with van der Waals surface area (Å²) in [6, 6.07) is 7.35. The van der Waals surface area contributed by atoms with Gasteiger partial charge in [0.25, 0.3) is 0 Å². The van der Waals surface area contributed by atoms with Crippen molar-refractivity contribution in [2.75, 3.05) is 0 Å². The molecule has 3 rings (SSSR count). The Kier molecular flexibility index (Phi) is 7.87. The number of ketones is 1. The van der Waals surface area contributed by atoms with Crippen molar-refractivity contribution in [3.05, 3.63) is 35.4 Å². The molecule has 2 atom stereocenters.